The van der Waals surface area contributed by atoms with E-state index >= 15 is 0 Å². The lowest BCUT2D eigenvalue weighted by Gasteiger charge is -2.30. The van der Waals surface area contributed by atoms with E-state index in [1.165, 1.54) is 32.1 Å². The molecule has 1 aromatic rings. The summed E-state index contributed by atoms with van der Waals surface area (Å²) in [6.45, 7) is 5.91. The maximum atomic E-state index is 12.1. The highest BCUT2D eigenvalue weighted by molar-refractivity contribution is 7.86. The Bertz CT molecular complexity index is 597. The van der Waals surface area contributed by atoms with E-state index in [-0.39, 0.29) is 13.2 Å². The van der Waals surface area contributed by atoms with Crippen LogP contribution in [-0.2, 0) is 30.9 Å². The van der Waals surface area contributed by atoms with Crippen LogP contribution in [0.3, 0.4) is 0 Å². The van der Waals surface area contributed by atoms with Gasteiger partial charge in [-0.15, -0.1) is 0 Å². The first-order valence-corrected chi connectivity index (χ1v) is 11.1. The Morgan fingerprint density at radius 3 is 2.08 bits per heavy atom. The van der Waals surface area contributed by atoms with E-state index in [9.17, 15) is 13.0 Å². The predicted octanol–water partition coefficient (Wildman–Crippen LogP) is 4.70. The zero-order chi connectivity index (χ0) is 19.5. The lowest BCUT2D eigenvalue weighted by molar-refractivity contribution is -0.0463. The van der Waals surface area contributed by atoms with Crippen LogP contribution in [0, 0.1) is 0 Å². The van der Waals surface area contributed by atoms with Gasteiger partial charge in [0.05, 0.1) is 6.61 Å². The number of rotatable bonds is 14. The third-order valence-electron chi connectivity index (χ3n) is 4.50. The van der Waals surface area contributed by atoms with Gasteiger partial charge in [0.2, 0.25) is 4.93 Å². The molecule has 1 N–H and O–H groups in total. The summed E-state index contributed by atoms with van der Waals surface area (Å²) in [5, 5.41) is 0. The molecule has 0 aliphatic rings. The number of hydrogen-bond acceptors (Lipinski definition) is 4. The van der Waals surface area contributed by atoms with Crippen molar-refractivity contribution in [1.29, 1.82) is 0 Å². The number of aryl methyl sites for hydroxylation is 1. The molecular formula is C20H34O5S. The van der Waals surface area contributed by atoms with Gasteiger partial charge >= 0.3 is 10.1 Å². The van der Waals surface area contributed by atoms with E-state index in [0.29, 0.717) is 12.2 Å². The molecule has 0 saturated carbocycles. The third kappa shape index (κ3) is 6.65. The van der Waals surface area contributed by atoms with Gasteiger partial charge in [-0.3, -0.25) is 4.55 Å². The maximum absolute atomic E-state index is 12.1. The van der Waals surface area contributed by atoms with Crippen LogP contribution in [0.1, 0.15) is 70.4 Å². The molecule has 6 heteroatoms. The first-order valence-electron chi connectivity index (χ1n) is 9.69. The zero-order valence-electron chi connectivity index (χ0n) is 16.4. The molecule has 0 saturated heterocycles. The van der Waals surface area contributed by atoms with Gasteiger partial charge in [-0.05, 0) is 32.3 Å². The van der Waals surface area contributed by atoms with E-state index in [2.05, 4.69) is 6.92 Å². The largest absolute Gasteiger partial charge is 0.377 e. The summed E-state index contributed by atoms with van der Waals surface area (Å²) in [6.07, 6.45) is 8.39. The minimum atomic E-state index is -4.50. The van der Waals surface area contributed by atoms with Crippen molar-refractivity contribution in [3.05, 3.63) is 35.4 Å². The van der Waals surface area contributed by atoms with Crippen molar-refractivity contribution in [3.8, 4) is 0 Å². The van der Waals surface area contributed by atoms with E-state index in [0.717, 1.165) is 18.4 Å². The molecule has 0 aromatic heterocycles. The lowest BCUT2D eigenvalue weighted by atomic mass is 10.0. The Labute approximate surface area is 158 Å². The van der Waals surface area contributed by atoms with Crippen LogP contribution in [-0.4, -0.2) is 32.8 Å². The molecule has 0 radical (unpaired) electrons. The molecular weight excluding hydrogens is 352 g/mol. The van der Waals surface area contributed by atoms with Gasteiger partial charge in [-0.2, -0.15) is 8.42 Å². The Morgan fingerprint density at radius 2 is 1.54 bits per heavy atom. The fourth-order valence-electron chi connectivity index (χ4n) is 3.01. The first kappa shape index (κ1) is 23.1. The fourth-order valence-corrected chi connectivity index (χ4v) is 3.94. The Balaban J connectivity index is 2.83. The number of unbranched alkanes of at least 4 members (excludes halogenated alkanes) is 5. The molecule has 1 rings (SSSR count). The number of ether oxygens (including phenoxy) is 2. The topological polar surface area (TPSA) is 72.8 Å². The standard InChI is InChI=1S/C20H34O5S/c1-4-7-8-9-10-11-12-18-13-15-19(16-14-18)20(25-6-3,17-24-5-2)26(21,22)23/h13-16H,4-12,17H2,1-3H3,(H,21,22,23). The summed E-state index contributed by atoms with van der Waals surface area (Å²) in [7, 11) is -4.50. The molecule has 0 amide bonds. The average molecular weight is 387 g/mol. The molecule has 26 heavy (non-hydrogen) atoms. The van der Waals surface area contributed by atoms with Crippen LogP contribution in [0.15, 0.2) is 24.3 Å². The molecule has 0 aliphatic carbocycles. The van der Waals surface area contributed by atoms with Gasteiger partial charge < -0.3 is 9.47 Å². The van der Waals surface area contributed by atoms with Crippen LogP contribution in [0.2, 0.25) is 0 Å². The van der Waals surface area contributed by atoms with Crippen LogP contribution in [0.25, 0.3) is 0 Å². The van der Waals surface area contributed by atoms with Gasteiger partial charge in [0.15, 0.2) is 0 Å². The van der Waals surface area contributed by atoms with Crippen LogP contribution < -0.4 is 0 Å². The summed E-state index contributed by atoms with van der Waals surface area (Å²) in [6, 6.07) is 7.25. The van der Waals surface area contributed by atoms with Crippen LogP contribution >= 0.6 is 0 Å². The highest BCUT2D eigenvalue weighted by Gasteiger charge is 2.46. The molecule has 1 atom stereocenters. The van der Waals surface area contributed by atoms with E-state index in [1.807, 2.05) is 12.1 Å². The summed E-state index contributed by atoms with van der Waals surface area (Å²) in [5.74, 6) is 0. The lowest BCUT2D eigenvalue weighted by Crippen LogP contribution is -2.43. The highest BCUT2D eigenvalue weighted by Crippen LogP contribution is 2.32. The monoisotopic (exact) mass is 386 g/mol. The van der Waals surface area contributed by atoms with Gasteiger partial charge in [0, 0.05) is 18.8 Å². The van der Waals surface area contributed by atoms with Crippen molar-refractivity contribution in [2.75, 3.05) is 19.8 Å². The highest BCUT2D eigenvalue weighted by atomic mass is 32.2. The van der Waals surface area contributed by atoms with E-state index < -0.39 is 15.1 Å². The van der Waals surface area contributed by atoms with E-state index in [4.69, 9.17) is 9.47 Å². The van der Waals surface area contributed by atoms with Crippen LogP contribution in [0.4, 0.5) is 0 Å². The molecule has 1 unspecified atom stereocenters. The second-order valence-corrected chi connectivity index (χ2v) is 8.12. The van der Waals surface area contributed by atoms with Gasteiger partial charge in [-0.25, -0.2) is 0 Å². The van der Waals surface area contributed by atoms with Crippen molar-refractivity contribution in [3.63, 3.8) is 0 Å². The smallest absolute Gasteiger partial charge is 0.302 e. The average Bonchev–Trinajstić information content (AvgIpc) is 2.61. The Kier molecular flexibility index (Phi) is 10.4. The zero-order valence-corrected chi connectivity index (χ0v) is 17.2. The summed E-state index contributed by atoms with van der Waals surface area (Å²) in [5.41, 5.74) is 1.54. The Hall–Kier alpha value is -0.950. The third-order valence-corrected chi connectivity index (χ3v) is 5.81. The molecule has 5 nitrogen and oxygen atoms in total. The van der Waals surface area contributed by atoms with Crippen molar-refractivity contribution in [2.45, 2.75) is 70.7 Å². The summed E-state index contributed by atoms with van der Waals surface area (Å²) < 4.78 is 44.8. The summed E-state index contributed by atoms with van der Waals surface area (Å²) in [4.78, 5) is -1.88. The molecule has 0 heterocycles. The maximum Gasteiger partial charge on any atom is 0.302 e. The van der Waals surface area contributed by atoms with Gasteiger partial charge in [0.1, 0.15) is 0 Å². The molecule has 0 spiro atoms. The molecule has 0 fully saturated rings. The van der Waals surface area contributed by atoms with Crippen molar-refractivity contribution >= 4 is 10.1 Å². The van der Waals surface area contributed by atoms with E-state index in [1.54, 1.807) is 26.0 Å². The van der Waals surface area contributed by atoms with Gasteiger partial charge in [-0.1, -0.05) is 63.3 Å². The first-order chi connectivity index (χ1) is 12.4. The quantitative estimate of drug-likeness (QED) is 0.370. The molecule has 150 valence electrons. The van der Waals surface area contributed by atoms with Crippen molar-refractivity contribution in [2.24, 2.45) is 0 Å². The SMILES string of the molecule is CCCCCCCCc1ccc(C(COCC)(OCC)S(=O)(=O)O)cc1. The molecule has 0 bridgehead atoms. The minimum Gasteiger partial charge on any atom is -0.377 e. The predicted molar refractivity (Wildman–Crippen MR) is 105 cm³/mol. The second-order valence-electron chi connectivity index (χ2n) is 6.51. The van der Waals surface area contributed by atoms with Crippen LogP contribution in [0.5, 0.6) is 0 Å². The Morgan fingerprint density at radius 1 is 0.923 bits per heavy atom. The number of hydrogen-bond donors (Lipinski definition) is 1. The molecule has 0 aliphatic heterocycles. The molecule has 1 aromatic carbocycles. The minimum absolute atomic E-state index is 0.145. The fraction of sp³-hybridized carbons (Fsp3) is 0.700. The number of benzene rings is 1. The second kappa shape index (κ2) is 11.7. The van der Waals surface area contributed by atoms with Gasteiger partial charge in [0.25, 0.3) is 0 Å². The van der Waals surface area contributed by atoms with Crippen molar-refractivity contribution < 1.29 is 22.4 Å². The van der Waals surface area contributed by atoms with Crippen molar-refractivity contribution in [1.82, 2.24) is 0 Å². The summed E-state index contributed by atoms with van der Waals surface area (Å²) >= 11 is 0. The normalized spacial score (nSPS) is 14.3.